The van der Waals surface area contributed by atoms with E-state index in [0.717, 1.165) is 23.1 Å². The number of aryl methyl sites for hydroxylation is 4. The van der Waals surface area contributed by atoms with Crippen LogP contribution in [-0.4, -0.2) is 9.97 Å². The van der Waals surface area contributed by atoms with Gasteiger partial charge in [0.1, 0.15) is 4.60 Å². The van der Waals surface area contributed by atoms with E-state index in [2.05, 4.69) is 57.9 Å². The van der Waals surface area contributed by atoms with Crippen LogP contribution in [-0.2, 0) is 12.8 Å². The van der Waals surface area contributed by atoms with Crippen molar-refractivity contribution in [1.82, 2.24) is 9.97 Å². The normalized spacial score (nSPS) is 10.8. The molecule has 0 radical (unpaired) electrons. The smallest absolute Gasteiger partial charge is 0.198 e. The molecule has 0 fully saturated rings. The molecule has 0 bridgehead atoms. The van der Waals surface area contributed by atoms with Gasteiger partial charge in [-0.15, -0.1) is 0 Å². The van der Waals surface area contributed by atoms with Crippen LogP contribution in [0, 0.1) is 13.8 Å². The summed E-state index contributed by atoms with van der Waals surface area (Å²) in [5.41, 5.74) is 10.7. The number of nitrogens with one attached hydrogen (secondary N) is 1. The van der Waals surface area contributed by atoms with Gasteiger partial charge < -0.3 is 10.7 Å². The Morgan fingerprint density at radius 1 is 1.29 bits per heavy atom. The molecule has 2 rings (SSSR count). The third kappa shape index (κ3) is 2.88. The highest BCUT2D eigenvalue weighted by atomic mass is 79.9. The first kappa shape index (κ1) is 12.2. The van der Waals surface area contributed by atoms with E-state index in [1.807, 2.05) is 0 Å². The van der Waals surface area contributed by atoms with Crippen LogP contribution < -0.4 is 5.73 Å². The van der Waals surface area contributed by atoms with Crippen molar-refractivity contribution in [2.75, 3.05) is 5.73 Å². The molecule has 0 saturated heterocycles. The van der Waals surface area contributed by atoms with Gasteiger partial charge in [-0.3, -0.25) is 0 Å². The van der Waals surface area contributed by atoms with Crippen LogP contribution >= 0.6 is 15.9 Å². The van der Waals surface area contributed by atoms with E-state index in [4.69, 9.17) is 5.73 Å². The molecule has 0 unspecified atom stereocenters. The number of hydrogen-bond acceptors (Lipinski definition) is 2. The van der Waals surface area contributed by atoms with Crippen molar-refractivity contribution in [1.29, 1.82) is 0 Å². The van der Waals surface area contributed by atoms with Crippen LogP contribution in [0.4, 0.5) is 5.95 Å². The maximum atomic E-state index is 5.61. The molecule has 0 atom stereocenters. The quantitative estimate of drug-likeness (QED) is 0.913. The molecule has 3 N–H and O–H groups in total. The van der Waals surface area contributed by atoms with Gasteiger partial charge in [-0.05, 0) is 53.7 Å². The van der Waals surface area contributed by atoms with E-state index in [9.17, 15) is 0 Å². The number of rotatable bonds is 3. The number of nitrogen functional groups attached to an aromatic ring is 1. The summed E-state index contributed by atoms with van der Waals surface area (Å²) in [5.74, 6) is 0.466. The number of benzene rings is 1. The SMILES string of the molecule is Cc1ccc(C)c(CCc2[nH]c(N)nc2Br)c1. The second kappa shape index (κ2) is 4.92. The Bertz CT molecular complexity index is 531. The van der Waals surface area contributed by atoms with Gasteiger partial charge in [0.05, 0.1) is 5.69 Å². The van der Waals surface area contributed by atoms with Crippen LogP contribution in [0.25, 0.3) is 0 Å². The molecule has 3 nitrogen and oxygen atoms in total. The molecule has 0 aliphatic carbocycles. The van der Waals surface area contributed by atoms with Crippen molar-refractivity contribution < 1.29 is 0 Å². The van der Waals surface area contributed by atoms with Gasteiger partial charge in [-0.25, -0.2) is 4.98 Å². The zero-order valence-electron chi connectivity index (χ0n) is 10.0. The van der Waals surface area contributed by atoms with Gasteiger partial charge in [0.15, 0.2) is 5.95 Å². The van der Waals surface area contributed by atoms with Gasteiger partial charge in [0.2, 0.25) is 0 Å². The highest BCUT2D eigenvalue weighted by molar-refractivity contribution is 9.10. The molecular weight excluding hydrogens is 278 g/mol. The fourth-order valence-corrected chi connectivity index (χ4v) is 2.39. The molecule has 2 aromatic rings. The average molecular weight is 294 g/mol. The topological polar surface area (TPSA) is 54.7 Å². The molecular formula is C13H16BrN3. The van der Waals surface area contributed by atoms with Gasteiger partial charge in [-0.2, -0.15) is 0 Å². The summed E-state index contributed by atoms with van der Waals surface area (Å²) >= 11 is 3.40. The Hall–Kier alpha value is -1.29. The summed E-state index contributed by atoms with van der Waals surface area (Å²) in [6, 6.07) is 6.55. The van der Waals surface area contributed by atoms with Crippen LogP contribution in [0.3, 0.4) is 0 Å². The predicted molar refractivity (Wildman–Crippen MR) is 74.0 cm³/mol. The Morgan fingerprint density at radius 2 is 2.06 bits per heavy atom. The number of aromatic nitrogens is 2. The minimum absolute atomic E-state index is 0.466. The molecule has 0 saturated carbocycles. The molecule has 0 aliphatic heterocycles. The fourth-order valence-electron chi connectivity index (χ4n) is 1.90. The fraction of sp³-hybridized carbons (Fsp3) is 0.308. The number of hydrogen-bond donors (Lipinski definition) is 2. The Balaban J connectivity index is 2.12. The first-order valence-electron chi connectivity index (χ1n) is 5.62. The number of aromatic amines is 1. The van der Waals surface area contributed by atoms with Crippen molar-refractivity contribution in [2.45, 2.75) is 26.7 Å². The minimum Gasteiger partial charge on any atom is -0.369 e. The molecule has 0 spiro atoms. The lowest BCUT2D eigenvalue weighted by atomic mass is 10.0. The maximum Gasteiger partial charge on any atom is 0.198 e. The second-order valence-electron chi connectivity index (χ2n) is 4.32. The third-order valence-electron chi connectivity index (χ3n) is 2.90. The Kier molecular flexibility index (Phi) is 3.52. The van der Waals surface area contributed by atoms with E-state index in [-0.39, 0.29) is 0 Å². The van der Waals surface area contributed by atoms with E-state index < -0.39 is 0 Å². The van der Waals surface area contributed by atoms with E-state index in [1.54, 1.807) is 0 Å². The molecule has 1 aromatic carbocycles. The number of nitrogens with zero attached hydrogens (tertiary/aromatic N) is 1. The van der Waals surface area contributed by atoms with Gasteiger partial charge in [0.25, 0.3) is 0 Å². The van der Waals surface area contributed by atoms with Crippen molar-refractivity contribution in [3.63, 3.8) is 0 Å². The van der Waals surface area contributed by atoms with Crippen LogP contribution in [0.5, 0.6) is 0 Å². The largest absolute Gasteiger partial charge is 0.369 e. The zero-order chi connectivity index (χ0) is 12.4. The third-order valence-corrected chi connectivity index (χ3v) is 3.55. The van der Waals surface area contributed by atoms with Gasteiger partial charge in [0, 0.05) is 0 Å². The molecule has 4 heteroatoms. The summed E-state index contributed by atoms with van der Waals surface area (Å²) in [4.78, 5) is 7.17. The molecule has 90 valence electrons. The number of imidazole rings is 1. The first-order chi connectivity index (χ1) is 8.06. The lowest BCUT2D eigenvalue weighted by molar-refractivity contribution is 0.910. The van der Waals surface area contributed by atoms with Crippen LogP contribution in [0.1, 0.15) is 22.4 Å². The zero-order valence-corrected chi connectivity index (χ0v) is 11.6. The molecule has 17 heavy (non-hydrogen) atoms. The van der Waals surface area contributed by atoms with E-state index in [1.165, 1.54) is 16.7 Å². The molecule has 0 amide bonds. The minimum atomic E-state index is 0.466. The monoisotopic (exact) mass is 293 g/mol. The number of halogens is 1. The summed E-state index contributed by atoms with van der Waals surface area (Å²) in [6.07, 6.45) is 1.91. The Labute approximate surface area is 110 Å². The Morgan fingerprint density at radius 3 is 2.71 bits per heavy atom. The van der Waals surface area contributed by atoms with Crippen molar-refractivity contribution in [2.24, 2.45) is 0 Å². The summed E-state index contributed by atoms with van der Waals surface area (Å²) in [5, 5.41) is 0. The number of nitrogens with two attached hydrogens (primary N) is 1. The van der Waals surface area contributed by atoms with Crippen molar-refractivity contribution in [3.05, 3.63) is 45.2 Å². The standard InChI is InChI=1S/C13H16BrN3/c1-8-3-4-9(2)10(7-8)5-6-11-12(14)17-13(15)16-11/h3-4,7H,5-6H2,1-2H3,(H3,15,16,17). The molecule has 1 heterocycles. The van der Waals surface area contributed by atoms with Gasteiger partial charge in [-0.1, -0.05) is 23.8 Å². The summed E-state index contributed by atoms with van der Waals surface area (Å²) < 4.78 is 0.820. The van der Waals surface area contributed by atoms with Crippen LogP contribution in [0.2, 0.25) is 0 Å². The lowest BCUT2D eigenvalue weighted by Crippen LogP contribution is -1.96. The number of H-pyrrole nitrogens is 1. The molecule has 0 aliphatic rings. The summed E-state index contributed by atoms with van der Waals surface area (Å²) in [7, 11) is 0. The van der Waals surface area contributed by atoms with Crippen LogP contribution in [0.15, 0.2) is 22.8 Å². The van der Waals surface area contributed by atoms with E-state index in [0.29, 0.717) is 5.95 Å². The molecule has 1 aromatic heterocycles. The summed E-state index contributed by atoms with van der Waals surface area (Å²) in [6.45, 7) is 4.26. The average Bonchev–Trinajstić information content (AvgIpc) is 2.59. The highest BCUT2D eigenvalue weighted by Crippen LogP contribution is 2.18. The van der Waals surface area contributed by atoms with Gasteiger partial charge >= 0.3 is 0 Å². The predicted octanol–water partition coefficient (Wildman–Crippen LogP) is 3.16. The van der Waals surface area contributed by atoms with Crippen molar-refractivity contribution in [3.8, 4) is 0 Å². The maximum absolute atomic E-state index is 5.61. The highest BCUT2D eigenvalue weighted by Gasteiger charge is 2.07. The number of anilines is 1. The van der Waals surface area contributed by atoms with E-state index >= 15 is 0 Å². The lowest BCUT2D eigenvalue weighted by Gasteiger charge is -2.06. The van der Waals surface area contributed by atoms with Crippen molar-refractivity contribution >= 4 is 21.9 Å². The second-order valence-corrected chi connectivity index (χ2v) is 5.07. The first-order valence-corrected chi connectivity index (χ1v) is 6.41.